The lowest BCUT2D eigenvalue weighted by molar-refractivity contribution is 1.74. The SMILES string of the molecule is B.ClB(c1ccccc1)c1ccccc1. The molecule has 0 saturated carbocycles. The molecule has 0 radical (unpaired) electrons. The van der Waals surface area contributed by atoms with E-state index in [4.69, 9.17) is 11.5 Å². The predicted octanol–water partition coefficient (Wildman–Crippen LogP) is 0.847. The highest BCUT2D eigenvalue weighted by molar-refractivity contribution is 7.21. The van der Waals surface area contributed by atoms with Crippen LogP contribution in [0, 0.1) is 0 Å². The normalized spacial score (nSPS) is 9.13. The lowest BCUT2D eigenvalue weighted by Gasteiger charge is -2.05. The average molecular weight is 214 g/mol. The van der Waals surface area contributed by atoms with E-state index in [0.717, 1.165) is 10.9 Å². The molecule has 0 aliphatic rings. The fraction of sp³-hybridized carbons (Fsp3) is 0. The second-order valence-electron chi connectivity index (χ2n) is 3.18. The molecule has 0 nitrogen and oxygen atoms in total. The molecule has 0 aliphatic heterocycles. The summed E-state index contributed by atoms with van der Waals surface area (Å²) in [5.41, 5.74) is 2.28. The van der Waals surface area contributed by atoms with Gasteiger partial charge in [0.25, 0.3) is 0 Å². The fourth-order valence-corrected chi connectivity index (χ4v) is 1.73. The van der Waals surface area contributed by atoms with Gasteiger partial charge in [-0.2, -0.15) is 11.5 Å². The zero-order valence-corrected chi connectivity index (χ0v) is 8.48. The van der Waals surface area contributed by atoms with E-state index in [1.807, 2.05) is 60.7 Å². The summed E-state index contributed by atoms with van der Waals surface area (Å²) >= 11 is 6.33. The van der Waals surface area contributed by atoms with Crippen LogP contribution in [0.25, 0.3) is 0 Å². The highest BCUT2D eigenvalue weighted by Crippen LogP contribution is 1.95. The van der Waals surface area contributed by atoms with Crippen LogP contribution in [0.3, 0.4) is 0 Å². The lowest BCUT2D eigenvalue weighted by Crippen LogP contribution is -2.36. The predicted molar refractivity (Wildman–Crippen MR) is 73.7 cm³/mol. The van der Waals surface area contributed by atoms with Gasteiger partial charge >= 0.3 is 6.13 Å². The summed E-state index contributed by atoms with van der Waals surface area (Å²) in [6, 6.07) is 20.2. The van der Waals surface area contributed by atoms with Crippen LogP contribution in [0.5, 0.6) is 0 Å². The van der Waals surface area contributed by atoms with Gasteiger partial charge in [0.2, 0.25) is 0 Å². The molecular formula is C12H13B2Cl. The summed E-state index contributed by atoms with van der Waals surface area (Å²) in [5.74, 6) is 0. The highest BCUT2D eigenvalue weighted by atomic mass is 35.5. The zero-order valence-electron chi connectivity index (χ0n) is 7.73. The summed E-state index contributed by atoms with van der Waals surface area (Å²) < 4.78 is 0. The van der Waals surface area contributed by atoms with Crippen molar-refractivity contribution in [1.29, 1.82) is 0 Å². The van der Waals surface area contributed by atoms with Crippen molar-refractivity contribution in [3.63, 3.8) is 0 Å². The van der Waals surface area contributed by atoms with Gasteiger partial charge in [-0.3, -0.25) is 0 Å². The maximum atomic E-state index is 6.33. The van der Waals surface area contributed by atoms with Crippen molar-refractivity contribution in [2.24, 2.45) is 0 Å². The maximum Gasteiger partial charge on any atom is 0.315 e. The van der Waals surface area contributed by atoms with E-state index in [1.54, 1.807) is 0 Å². The van der Waals surface area contributed by atoms with Crippen LogP contribution in [0.2, 0.25) is 0 Å². The first-order chi connectivity index (χ1) is 6.88. The molecule has 0 heterocycles. The van der Waals surface area contributed by atoms with Crippen molar-refractivity contribution in [1.82, 2.24) is 0 Å². The van der Waals surface area contributed by atoms with Crippen molar-refractivity contribution >= 4 is 36.9 Å². The van der Waals surface area contributed by atoms with Gasteiger partial charge < -0.3 is 0 Å². The smallest absolute Gasteiger partial charge is 0.182 e. The number of halogens is 1. The average Bonchev–Trinajstić information content (AvgIpc) is 2.30. The minimum Gasteiger partial charge on any atom is -0.182 e. The number of benzene rings is 2. The largest absolute Gasteiger partial charge is 0.315 e. The minimum atomic E-state index is -0.0441. The topological polar surface area (TPSA) is 0 Å². The molecule has 0 aliphatic carbocycles. The van der Waals surface area contributed by atoms with E-state index < -0.39 is 0 Å². The van der Waals surface area contributed by atoms with Crippen LogP contribution in [0.4, 0.5) is 0 Å². The first-order valence-electron chi connectivity index (χ1n) is 4.62. The Labute approximate surface area is 97.9 Å². The Bertz CT molecular complexity index is 349. The van der Waals surface area contributed by atoms with E-state index in [-0.39, 0.29) is 14.5 Å². The molecule has 0 bridgehead atoms. The van der Waals surface area contributed by atoms with Crippen molar-refractivity contribution in [2.45, 2.75) is 0 Å². The Kier molecular flexibility index (Phi) is 4.51. The van der Waals surface area contributed by atoms with Gasteiger partial charge in [-0.05, 0) is 0 Å². The van der Waals surface area contributed by atoms with E-state index in [0.29, 0.717) is 0 Å². The fourth-order valence-electron chi connectivity index (χ4n) is 1.44. The Morgan fingerprint density at radius 1 is 0.667 bits per heavy atom. The summed E-state index contributed by atoms with van der Waals surface area (Å²) in [6.45, 7) is 0. The van der Waals surface area contributed by atoms with E-state index >= 15 is 0 Å². The van der Waals surface area contributed by atoms with Crippen LogP contribution >= 0.6 is 11.5 Å². The molecule has 0 saturated heterocycles. The standard InChI is InChI=1S/C12H10BCl.BH3/c14-13(11-7-3-1-4-8-11)12-9-5-2-6-10-12;/h1-10H;1H3. The maximum absolute atomic E-state index is 6.33. The molecule has 0 amide bonds. The van der Waals surface area contributed by atoms with Crippen LogP contribution in [-0.4, -0.2) is 14.5 Å². The summed E-state index contributed by atoms with van der Waals surface area (Å²) in [6.07, 6.45) is -0.0441. The summed E-state index contributed by atoms with van der Waals surface area (Å²) in [7, 11) is 0. The molecule has 15 heavy (non-hydrogen) atoms. The monoisotopic (exact) mass is 214 g/mol. The second-order valence-corrected chi connectivity index (χ2v) is 3.62. The van der Waals surface area contributed by atoms with E-state index in [9.17, 15) is 0 Å². The summed E-state index contributed by atoms with van der Waals surface area (Å²) in [5, 5.41) is 0. The van der Waals surface area contributed by atoms with Crippen LogP contribution in [0.15, 0.2) is 60.7 Å². The van der Waals surface area contributed by atoms with Crippen LogP contribution in [-0.2, 0) is 0 Å². The summed E-state index contributed by atoms with van der Waals surface area (Å²) in [4.78, 5) is 0. The zero-order chi connectivity index (χ0) is 9.80. The molecule has 2 aromatic rings. The molecular weight excluding hydrogens is 201 g/mol. The molecule has 0 fully saturated rings. The van der Waals surface area contributed by atoms with Gasteiger partial charge in [0.05, 0.1) is 8.41 Å². The molecule has 0 aromatic heterocycles. The Balaban J connectivity index is 0.00000112. The van der Waals surface area contributed by atoms with Gasteiger partial charge in [-0.25, -0.2) is 0 Å². The third-order valence-electron chi connectivity index (χ3n) is 2.18. The van der Waals surface area contributed by atoms with Gasteiger partial charge in [0.1, 0.15) is 0 Å². The Morgan fingerprint density at radius 3 is 1.33 bits per heavy atom. The van der Waals surface area contributed by atoms with Gasteiger partial charge in [-0.15, -0.1) is 0 Å². The third kappa shape index (κ3) is 2.90. The van der Waals surface area contributed by atoms with Gasteiger partial charge in [0.15, 0.2) is 0 Å². The van der Waals surface area contributed by atoms with Crippen LogP contribution in [0.1, 0.15) is 0 Å². The molecule has 2 rings (SSSR count). The molecule has 3 heteroatoms. The lowest BCUT2D eigenvalue weighted by atomic mass is 9.62. The van der Waals surface area contributed by atoms with Crippen LogP contribution < -0.4 is 10.9 Å². The van der Waals surface area contributed by atoms with Gasteiger partial charge in [-0.1, -0.05) is 71.6 Å². The quantitative estimate of drug-likeness (QED) is 0.650. The van der Waals surface area contributed by atoms with E-state index in [2.05, 4.69) is 0 Å². The molecule has 2 aromatic carbocycles. The van der Waals surface area contributed by atoms with Crippen molar-refractivity contribution < 1.29 is 0 Å². The highest BCUT2D eigenvalue weighted by Gasteiger charge is 2.14. The van der Waals surface area contributed by atoms with E-state index in [1.165, 1.54) is 0 Å². The first-order valence-corrected chi connectivity index (χ1v) is 5.05. The van der Waals surface area contributed by atoms with Crippen molar-refractivity contribution in [3.8, 4) is 0 Å². The molecule has 0 spiro atoms. The second kappa shape index (κ2) is 5.67. The Morgan fingerprint density at radius 2 is 1.00 bits per heavy atom. The molecule has 0 N–H and O–H groups in total. The number of hydrogen-bond donors (Lipinski definition) is 0. The first kappa shape index (κ1) is 11.9. The minimum absolute atomic E-state index is 0. The molecule has 74 valence electrons. The number of hydrogen-bond acceptors (Lipinski definition) is 0. The number of rotatable bonds is 2. The van der Waals surface area contributed by atoms with Gasteiger partial charge in [0, 0.05) is 0 Å². The van der Waals surface area contributed by atoms with Crippen molar-refractivity contribution in [3.05, 3.63) is 60.7 Å². The third-order valence-corrected chi connectivity index (χ3v) is 2.69. The molecule has 0 unspecified atom stereocenters. The molecule has 0 atom stereocenters. The Hall–Kier alpha value is -1.14. The van der Waals surface area contributed by atoms with Crippen molar-refractivity contribution in [2.75, 3.05) is 0 Å².